The van der Waals surface area contributed by atoms with Crippen LogP contribution in [0.15, 0.2) is 36.4 Å². The summed E-state index contributed by atoms with van der Waals surface area (Å²) in [5, 5.41) is 1.06. The smallest absolute Gasteiger partial charge is 0.272 e. The Bertz CT molecular complexity index is 686. The van der Waals surface area contributed by atoms with Crippen LogP contribution >= 0.6 is 0 Å². The molecule has 2 aromatic rings. The number of carbonyl (C=O) groups is 1. The van der Waals surface area contributed by atoms with Gasteiger partial charge in [-0.15, -0.1) is 0 Å². The highest BCUT2D eigenvalue weighted by Crippen LogP contribution is 2.33. The summed E-state index contributed by atoms with van der Waals surface area (Å²) in [5.41, 5.74) is 1.40. The second-order valence-electron chi connectivity index (χ2n) is 6.08. The molecule has 0 spiro atoms. The molecule has 21 heavy (non-hydrogen) atoms. The number of carbonyl (C=O) groups excluding carboxylic acids is 1. The zero-order valence-corrected chi connectivity index (χ0v) is 12.0. The summed E-state index contributed by atoms with van der Waals surface area (Å²) in [6, 6.07) is 11.7. The van der Waals surface area contributed by atoms with E-state index in [1.165, 1.54) is 0 Å². The summed E-state index contributed by atoms with van der Waals surface area (Å²) in [7, 11) is 0. The van der Waals surface area contributed by atoms with Gasteiger partial charge >= 0.3 is 0 Å². The highest BCUT2D eigenvalue weighted by molar-refractivity contribution is 5.95. The first-order valence-corrected chi connectivity index (χ1v) is 7.51. The Morgan fingerprint density at radius 1 is 1.24 bits per heavy atom. The Morgan fingerprint density at radius 3 is 2.95 bits per heavy atom. The molecular formula is C17H18N2O2. The number of nitrogens with zero attached hydrogens (tertiary/aromatic N) is 2. The lowest BCUT2D eigenvalue weighted by molar-refractivity contribution is 0.0442. The van der Waals surface area contributed by atoms with E-state index < -0.39 is 0 Å². The van der Waals surface area contributed by atoms with Crippen LogP contribution in [0.3, 0.4) is 0 Å². The second-order valence-corrected chi connectivity index (χ2v) is 6.08. The van der Waals surface area contributed by atoms with Gasteiger partial charge in [0.2, 0.25) is 0 Å². The van der Waals surface area contributed by atoms with E-state index in [0.717, 1.165) is 23.9 Å². The van der Waals surface area contributed by atoms with Gasteiger partial charge in [-0.05, 0) is 25.5 Å². The van der Waals surface area contributed by atoms with Gasteiger partial charge in [-0.1, -0.05) is 24.3 Å². The number of benzene rings is 1. The lowest BCUT2D eigenvalue weighted by Gasteiger charge is -2.18. The van der Waals surface area contributed by atoms with Crippen molar-refractivity contribution in [1.82, 2.24) is 9.88 Å². The van der Waals surface area contributed by atoms with Gasteiger partial charge in [-0.2, -0.15) is 0 Å². The van der Waals surface area contributed by atoms with Gasteiger partial charge in [-0.25, -0.2) is 4.98 Å². The fraction of sp³-hybridized carbons (Fsp3) is 0.412. The van der Waals surface area contributed by atoms with E-state index in [4.69, 9.17) is 4.74 Å². The van der Waals surface area contributed by atoms with Crippen LogP contribution in [0.2, 0.25) is 0 Å². The third-order valence-electron chi connectivity index (χ3n) is 4.53. The van der Waals surface area contributed by atoms with Crippen molar-refractivity contribution in [2.75, 3.05) is 13.1 Å². The number of para-hydroxylation sites is 1. The zero-order chi connectivity index (χ0) is 14.4. The molecular weight excluding hydrogens is 264 g/mol. The van der Waals surface area contributed by atoms with Crippen LogP contribution in [0.25, 0.3) is 10.9 Å². The normalized spacial score (nSPS) is 28.0. The molecule has 2 aliphatic rings. The molecule has 3 atom stereocenters. The number of amides is 1. The predicted molar refractivity (Wildman–Crippen MR) is 80.1 cm³/mol. The molecule has 3 heterocycles. The monoisotopic (exact) mass is 282 g/mol. The lowest BCUT2D eigenvalue weighted by Crippen LogP contribution is -2.31. The average Bonchev–Trinajstić information content (AvgIpc) is 3.03. The quantitative estimate of drug-likeness (QED) is 0.807. The minimum atomic E-state index is 0.0198. The summed E-state index contributed by atoms with van der Waals surface area (Å²) in [6.45, 7) is 3.60. The minimum Gasteiger partial charge on any atom is -0.373 e. The molecule has 2 aliphatic heterocycles. The minimum absolute atomic E-state index is 0.0198. The maximum Gasteiger partial charge on any atom is 0.272 e. The Kier molecular flexibility index (Phi) is 2.93. The summed E-state index contributed by atoms with van der Waals surface area (Å²) in [4.78, 5) is 19.0. The van der Waals surface area contributed by atoms with Crippen LogP contribution < -0.4 is 0 Å². The van der Waals surface area contributed by atoms with E-state index in [1.807, 2.05) is 41.3 Å². The first-order valence-electron chi connectivity index (χ1n) is 7.51. The molecule has 1 aromatic carbocycles. The molecule has 0 N–H and O–H groups in total. The van der Waals surface area contributed by atoms with Crippen LogP contribution in [-0.4, -0.2) is 41.1 Å². The van der Waals surface area contributed by atoms with Gasteiger partial charge in [0.05, 0.1) is 17.7 Å². The first kappa shape index (κ1) is 12.8. The number of fused-ring (bicyclic) bond motifs is 2. The molecule has 0 radical (unpaired) electrons. The lowest BCUT2D eigenvalue weighted by atomic mass is 10.0. The number of pyridine rings is 1. The molecule has 108 valence electrons. The van der Waals surface area contributed by atoms with Crippen LogP contribution in [0.5, 0.6) is 0 Å². The Balaban J connectivity index is 1.57. The average molecular weight is 282 g/mol. The predicted octanol–water partition coefficient (Wildman–Crippen LogP) is 2.48. The molecule has 2 fully saturated rings. The van der Waals surface area contributed by atoms with E-state index in [-0.39, 0.29) is 12.0 Å². The van der Waals surface area contributed by atoms with Crippen molar-refractivity contribution in [3.8, 4) is 0 Å². The van der Waals surface area contributed by atoms with Crippen molar-refractivity contribution < 1.29 is 9.53 Å². The maximum absolute atomic E-state index is 12.6. The van der Waals surface area contributed by atoms with Crippen molar-refractivity contribution >= 4 is 16.8 Å². The SMILES string of the molecule is C[C@@H]1C[C@H]2CN(C(=O)c3ccc4ccccc4n3)C[C@H]2O1. The van der Waals surface area contributed by atoms with E-state index in [2.05, 4.69) is 11.9 Å². The first-order chi connectivity index (χ1) is 10.2. The summed E-state index contributed by atoms with van der Waals surface area (Å²) < 4.78 is 5.86. The highest BCUT2D eigenvalue weighted by Gasteiger charge is 2.42. The molecule has 4 heteroatoms. The van der Waals surface area contributed by atoms with Gasteiger partial charge < -0.3 is 9.64 Å². The molecule has 4 nitrogen and oxygen atoms in total. The summed E-state index contributed by atoms with van der Waals surface area (Å²) in [6.07, 6.45) is 1.60. The third kappa shape index (κ3) is 2.20. The second kappa shape index (κ2) is 4.81. The van der Waals surface area contributed by atoms with E-state index >= 15 is 0 Å². The number of hydrogen-bond acceptors (Lipinski definition) is 3. The summed E-state index contributed by atoms with van der Waals surface area (Å²) >= 11 is 0. The Hall–Kier alpha value is -1.94. The molecule has 2 saturated heterocycles. The molecule has 0 bridgehead atoms. The third-order valence-corrected chi connectivity index (χ3v) is 4.53. The van der Waals surface area contributed by atoms with Crippen molar-refractivity contribution in [3.05, 3.63) is 42.1 Å². The Labute approximate surface area is 123 Å². The van der Waals surface area contributed by atoms with E-state index in [0.29, 0.717) is 24.3 Å². The maximum atomic E-state index is 12.6. The zero-order valence-electron chi connectivity index (χ0n) is 12.0. The Morgan fingerprint density at radius 2 is 2.10 bits per heavy atom. The largest absolute Gasteiger partial charge is 0.373 e. The molecule has 0 aliphatic carbocycles. The van der Waals surface area contributed by atoms with Crippen LogP contribution in [0.1, 0.15) is 23.8 Å². The number of aromatic nitrogens is 1. The van der Waals surface area contributed by atoms with Crippen LogP contribution in [-0.2, 0) is 4.74 Å². The summed E-state index contributed by atoms with van der Waals surface area (Å²) in [5.74, 6) is 0.510. The topological polar surface area (TPSA) is 42.4 Å². The molecule has 1 amide bonds. The van der Waals surface area contributed by atoms with Crippen LogP contribution in [0, 0.1) is 5.92 Å². The number of hydrogen-bond donors (Lipinski definition) is 0. The number of likely N-dealkylation sites (tertiary alicyclic amines) is 1. The van der Waals surface area contributed by atoms with Gasteiger partial charge in [0.25, 0.3) is 5.91 Å². The van der Waals surface area contributed by atoms with Crippen molar-refractivity contribution in [2.24, 2.45) is 5.92 Å². The highest BCUT2D eigenvalue weighted by atomic mass is 16.5. The fourth-order valence-corrected chi connectivity index (χ4v) is 3.52. The fourth-order valence-electron chi connectivity index (χ4n) is 3.52. The van der Waals surface area contributed by atoms with Crippen LogP contribution in [0.4, 0.5) is 0 Å². The number of rotatable bonds is 1. The van der Waals surface area contributed by atoms with E-state index in [1.54, 1.807) is 0 Å². The standard InChI is InChI=1S/C17H18N2O2/c1-11-8-13-9-19(10-16(13)21-11)17(20)15-7-6-12-4-2-3-5-14(12)18-15/h2-7,11,13,16H,8-10H2,1H3/t11-,13+,16-/m1/s1. The molecule has 0 saturated carbocycles. The van der Waals surface area contributed by atoms with Crippen molar-refractivity contribution in [2.45, 2.75) is 25.6 Å². The van der Waals surface area contributed by atoms with Gasteiger partial charge in [0.1, 0.15) is 5.69 Å². The van der Waals surface area contributed by atoms with Gasteiger partial charge in [0, 0.05) is 24.4 Å². The van der Waals surface area contributed by atoms with Gasteiger partial charge in [-0.3, -0.25) is 4.79 Å². The van der Waals surface area contributed by atoms with Crippen molar-refractivity contribution in [1.29, 1.82) is 0 Å². The molecule has 1 aromatic heterocycles. The number of ether oxygens (including phenoxy) is 1. The van der Waals surface area contributed by atoms with E-state index in [9.17, 15) is 4.79 Å². The van der Waals surface area contributed by atoms with Gasteiger partial charge in [0.15, 0.2) is 0 Å². The van der Waals surface area contributed by atoms with Crippen molar-refractivity contribution in [3.63, 3.8) is 0 Å². The molecule has 0 unspecified atom stereocenters. The molecule has 4 rings (SSSR count).